The Morgan fingerprint density at radius 3 is 2.68 bits per heavy atom. The van der Waals surface area contributed by atoms with E-state index in [1.54, 1.807) is 31.5 Å². The summed E-state index contributed by atoms with van der Waals surface area (Å²) in [6.07, 6.45) is 1.55. The lowest BCUT2D eigenvalue weighted by Crippen LogP contribution is -2.30. The fourth-order valence-electron chi connectivity index (χ4n) is 2.00. The molecule has 1 aromatic carbocycles. The topological polar surface area (TPSA) is 59.8 Å². The standard InChI is InChI=1S/C17H19NO4/c1-12-6-7-13(2)15(9-12)17(20)22-11-16(19)18(3)10-14-5-4-8-21-14/h4-9H,10-11H2,1-3H3. The van der Waals surface area contributed by atoms with E-state index < -0.39 is 5.97 Å². The molecule has 0 N–H and O–H groups in total. The molecule has 0 saturated carbocycles. The zero-order chi connectivity index (χ0) is 16.1. The van der Waals surface area contributed by atoms with E-state index in [1.165, 1.54) is 4.90 Å². The highest BCUT2D eigenvalue weighted by atomic mass is 16.5. The Kier molecular flexibility index (Phi) is 4.99. The van der Waals surface area contributed by atoms with Gasteiger partial charge in [-0.25, -0.2) is 4.79 Å². The van der Waals surface area contributed by atoms with Gasteiger partial charge >= 0.3 is 5.97 Å². The monoisotopic (exact) mass is 301 g/mol. The average molecular weight is 301 g/mol. The van der Waals surface area contributed by atoms with Gasteiger partial charge in [-0.1, -0.05) is 17.7 Å². The van der Waals surface area contributed by atoms with Crippen molar-refractivity contribution in [1.29, 1.82) is 0 Å². The van der Waals surface area contributed by atoms with Crippen LogP contribution in [0.1, 0.15) is 27.2 Å². The molecule has 0 atom stereocenters. The largest absolute Gasteiger partial charge is 0.467 e. The molecule has 5 nitrogen and oxygen atoms in total. The third kappa shape index (κ3) is 3.97. The maximum Gasteiger partial charge on any atom is 0.338 e. The molecule has 5 heteroatoms. The van der Waals surface area contributed by atoms with E-state index in [-0.39, 0.29) is 12.5 Å². The number of nitrogens with zero attached hydrogens (tertiary/aromatic N) is 1. The minimum Gasteiger partial charge on any atom is -0.467 e. The van der Waals surface area contributed by atoms with Crippen LogP contribution < -0.4 is 0 Å². The number of benzene rings is 1. The Balaban J connectivity index is 1.90. The van der Waals surface area contributed by atoms with Crippen molar-refractivity contribution in [1.82, 2.24) is 4.90 Å². The van der Waals surface area contributed by atoms with Crippen LogP contribution in [0.3, 0.4) is 0 Å². The Morgan fingerprint density at radius 2 is 2.00 bits per heavy atom. The van der Waals surface area contributed by atoms with E-state index in [4.69, 9.17) is 9.15 Å². The second kappa shape index (κ2) is 6.93. The van der Waals surface area contributed by atoms with E-state index >= 15 is 0 Å². The summed E-state index contributed by atoms with van der Waals surface area (Å²) in [5, 5.41) is 0. The van der Waals surface area contributed by atoms with E-state index in [2.05, 4.69) is 0 Å². The van der Waals surface area contributed by atoms with Gasteiger partial charge in [0, 0.05) is 7.05 Å². The summed E-state index contributed by atoms with van der Waals surface area (Å²) >= 11 is 0. The van der Waals surface area contributed by atoms with E-state index in [0.717, 1.165) is 11.1 Å². The molecule has 116 valence electrons. The van der Waals surface area contributed by atoms with Crippen molar-refractivity contribution >= 4 is 11.9 Å². The molecule has 0 radical (unpaired) electrons. The molecule has 22 heavy (non-hydrogen) atoms. The van der Waals surface area contributed by atoms with Gasteiger partial charge in [-0.05, 0) is 37.6 Å². The number of ether oxygens (including phenoxy) is 1. The molecule has 2 rings (SSSR count). The quantitative estimate of drug-likeness (QED) is 0.797. The van der Waals surface area contributed by atoms with Crippen molar-refractivity contribution in [2.75, 3.05) is 13.7 Å². The number of carbonyl (C=O) groups is 2. The summed E-state index contributed by atoms with van der Waals surface area (Å²) in [4.78, 5) is 25.5. The molecule has 0 unspecified atom stereocenters. The van der Waals surface area contributed by atoms with Crippen molar-refractivity contribution in [2.24, 2.45) is 0 Å². The molecule has 0 aliphatic heterocycles. The Hall–Kier alpha value is -2.56. The molecule has 0 aliphatic carbocycles. The van der Waals surface area contributed by atoms with Crippen molar-refractivity contribution < 1.29 is 18.7 Å². The fraction of sp³-hybridized carbons (Fsp3) is 0.294. The number of furan rings is 1. The zero-order valence-electron chi connectivity index (χ0n) is 13.0. The Labute approximate surface area is 129 Å². The lowest BCUT2D eigenvalue weighted by atomic mass is 10.1. The number of hydrogen-bond acceptors (Lipinski definition) is 4. The van der Waals surface area contributed by atoms with Crippen LogP contribution in [0.2, 0.25) is 0 Å². The Morgan fingerprint density at radius 1 is 1.23 bits per heavy atom. The molecule has 1 heterocycles. The van der Waals surface area contributed by atoms with Gasteiger partial charge in [0.2, 0.25) is 0 Å². The van der Waals surface area contributed by atoms with Crippen LogP contribution in [0.4, 0.5) is 0 Å². The van der Waals surface area contributed by atoms with Crippen LogP contribution in [0.25, 0.3) is 0 Å². The number of esters is 1. The van der Waals surface area contributed by atoms with Crippen molar-refractivity contribution in [3.8, 4) is 0 Å². The van der Waals surface area contributed by atoms with Crippen molar-refractivity contribution in [3.63, 3.8) is 0 Å². The number of rotatable bonds is 5. The first-order valence-electron chi connectivity index (χ1n) is 6.98. The second-order valence-corrected chi connectivity index (χ2v) is 5.22. The minimum absolute atomic E-state index is 0.282. The lowest BCUT2D eigenvalue weighted by Gasteiger charge is -2.16. The van der Waals surface area contributed by atoms with Gasteiger partial charge in [0.05, 0.1) is 18.4 Å². The summed E-state index contributed by atoms with van der Waals surface area (Å²) in [6.45, 7) is 3.79. The van der Waals surface area contributed by atoms with Crippen LogP contribution >= 0.6 is 0 Å². The third-order valence-electron chi connectivity index (χ3n) is 3.34. The normalized spacial score (nSPS) is 10.3. The lowest BCUT2D eigenvalue weighted by molar-refractivity contribution is -0.133. The highest BCUT2D eigenvalue weighted by Gasteiger charge is 2.16. The minimum atomic E-state index is -0.485. The average Bonchev–Trinajstić information content (AvgIpc) is 2.99. The second-order valence-electron chi connectivity index (χ2n) is 5.22. The van der Waals surface area contributed by atoms with Crippen LogP contribution in [-0.4, -0.2) is 30.4 Å². The van der Waals surface area contributed by atoms with Gasteiger partial charge in [-0.2, -0.15) is 0 Å². The molecule has 0 bridgehead atoms. The smallest absolute Gasteiger partial charge is 0.338 e. The first-order valence-corrected chi connectivity index (χ1v) is 6.98. The van der Waals surface area contributed by atoms with E-state index in [9.17, 15) is 9.59 Å². The number of likely N-dealkylation sites (N-methyl/N-ethyl adjacent to an activating group) is 1. The highest BCUT2D eigenvalue weighted by molar-refractivity contribution is 5.92. The third-order valence-corrected chi connectivity index (χ3v) is 3.34. The maximum atomic E-state index is 12.1. The number of aryl methyl sites for hydroxylation is 2. The molecular formula is C17H19NO4. The Bertz CT molecular complexity index is 661. The van der Waals surface area contributed by atoms with Gasteiger partial charge in [0.1, 0.15) is 5.76 Å². The first-order chi connectivity index (χ1) is 10.5. The summed E-state index contributed by atoms with van der Waals surface area (Å²) in [7, 11) is 1.64. The molecule has 0 saturated heterocycles. The van der Waals surface area contributed by atoms with Crippen molar-refractivity contribution in [2.45, 2.75) is 20.4 Å². The SMILES string of the molecule is Cc1ccc(C)c(C(=O)OCC(=O)N(C)Cc2ccco2)c1. The number of carbonyl (C=O) groups excluding carboxylic acids is 2. The highest BCUT2D eigenvalue weighted by Crippen LogP contribution is 2.12. The molecule has 2 aromatic rings. The van der Waals surface area contributed by atoms with Gasteiger partial charge in [-0.3, -0.25) is 4.79 Å². The first kappa shape index (κ1) is 15.8. The van der Waals surface area contributed by atoms with Gasteiger partial charge in [0.15, 0.2) is 6.61 Å². The fourth-order valence-corrected chi connectivity index (χ4v) is 2.00. The molecule has 1 amide bonds. The van der Waals surface area contributed by atoms with Crippen LogP contribution in [0.5, 0.6) is 0 Å². The van der Waals surface area contributed by atoms with Gasteiger partial charge < -0.3 is 14.1 Å². The molecule has 0 spiro atoms. The molecule has 1 aromatic heterocycles. The number of amides is 1. The molecule has 0 aliphatic rings. The van der Waals surface area contributed by atoms with Crippen LogP contribution in [0, 0.1) is 13.8 Å². The van der Waals surface area contributed by atoms with E-state index in [0.29, 0.717) is 17.9 Å². The van der Waals surface area contributed by atoms with Crippen molar-refractivity contribution in [3.05, 3.63) is 59.0 Å². The van der Waals surface area contributed by atoms with Gasteiger partial charge in [0.25, 0.3) is 5.91 Å². The van der Waals surface area contributed by atoms with Crippen LogP contribution in [0.15, 0.2) is 41.0 Å². The summed E-state index contributed by atoms with van der Waals surface area (Å²) < 4.78 is 10.3. The maximum absolute atomic E-state index is 12.1. The predicted molar refractivity (Wildman–Crippen MR) is 81.4 cm³/mol. The zero-order valence-corrected chi connectivity index (χ0v) is 13.0. The van der Waals surface area contributed by atoms with E-state index in [1.807, 2.05) is 26.0 Å². The summed E-state index contributed by atoms with van der Waals surface area (Å²) in [6, 6.07) is 9.08. The molecular weight excluding hydrogens is 282 g/mol. The summed E-state index contributed by atoms with van der Waals surface area (Å²) in [5.74, 6) is -0.0901. The predicted octanol–water partition coefficient (Wildman–Crippen LogP) is 2.71. The van der Waals surface area contributed by atoms with Gasteiger partial charge in [-0.15, -0.1) is 0 Å². The summed E-state index contributed by atoms with van der Waals surface area (Å²) in [5.41, 5.74) is 2.28. The number of hydrogen-bond donors (Lipinski definition) is 0. The molecule has 0 fully saturated rings. The van der Waals surface area contributed by atoms with Crippen LogP contribution in [-0.2, 0) is 16.1 Å².